The molecule has 0 amide bonds. The number of esters is 1. The van der Waals surface area contributed by atoms with Crippen molar-refractivity contribution in [2.75, 3.05) is 6.61 Å². The molecular weight excluding hydrogens is 522 g/mol. The van der Waals surface area contributed by atoms with E-state index < -0.39 is 35.5 Å². The van der Waals surface area contributed by atoms with Crippen LogP contribution >= 0.6 is 0 Å². The average Bonchev–Trinajstić information content (AvgIpc) is 3.24. The standard InChI is InChI=1S/C33H47NO7/c1-19(2)29-22(5)12-13-32(41-29)17-26-16-25(40-32)11-10-21(4)14-20(3)8-7-9-24-18-38-30-28(34-37)23(6)15-27(31(35)39-26)33(24,30)36/h7-10,15,19-20,22,25-27,29-30,36-37H,11-14,16-18H2,1-6H3/b8-7+,21-10+,24-9?,34-28+/t20-,22-,25+,26-,27-,29+,30+,32+,33+/m0/s1. The summed E-state index contributed by atoms with van der Waals surface area (Å²) in [6.45, 7) is 12.8. The van der Waals surface area contributed by atoms with Crippen LogP contribution in [0.5, 0.6) is 0 Å². The lowest BCUT2D eigenvalue weighted by atomic mass is 9.71. The quantitative estimate of drug-likeness (QED) is 0.182. The van der Waals surface area contributed by atoms with Gasteiger partial charge >= 0.3 is 5.97 Å². The van der Waals surface area contributed by atoms with Gasteiger partial charge in [0, 0.05) is 19.3 Å². The Morgan fingerprint density at radius 1 is 1.15 bits per heavy atom. The Kier molecular flexibility index (Phi) is 8.68. The molecule has 9 atom stereocenters. The predicted octanol–water partition coefficient (Wildman–Crippen LogP) is 5.64. The molecule has 2 N–H and O–H groups in total. The van der Waals surface area contributed by atoms with Gasteiger partial charge in [0.15, 0.2) is 5.79 Å². The number of allylic oxidation sites excluding steroid dienone is 4. The Morgan fingerprint density at radius 2 is 1.93 bits per heavy atom. The Labute approximate surface area is 244 Å². The number of carbonyl (C=O) groups is 1. The number of rotatable bonds is 1. The van der Waals surface area contributed by atoms with E-state index in [1.54, 1.807) is 13.0 Å². The van der Waals surface area contributed by atoms with Crippen LogP contribution in [0.15, 0.2) is 52.3 Å². The molecule has 41 heavy (non-hydrogen) atoms. The van der Waals surface area contributed by atoms with E-state index >= 15 is 0 Å². The lowest BCUT2D eigenvalue weighted by molar-refractivity contribution is -0.340. The number of hydrogen-bond donors (Lipinski definition) is 2. The SMILES string of the molecule is CC1=C[C@H]2C(=O)O[C@H]3C[C@@H](C/C=C(\C)C[C@@H](C)/C=C/C=C4CO[C@H](/C1=N/O)[C@@]42O)O[C@@]1(CC[C@H](C)[C@@H](C(C)C)O1)C3. The largest absolute Gasteiger partial charge is 0.462 e. The zero-order valence-electron chi connectivity index (χ0n) is 25.3. The summed E-state index contributed by atoms with van der Waals surface area (Å²) in [5.74, 6) is -1.31. The number of aliphatic hydroxyl groups is 1. The summed E-state index contributed by atoms with van der Waals surface area (Å²) >= 11 is 0. The molecule has 4 heterocycles. The van der Waals surface area contributed by atoms with Gasteiger partial charge in [0.25, 0.3) is 0 Å². The minimum Gasteiger partial charge on any atom is -0.462 e. The van der Waals surface area contributed by atoms with Crippen molar-refractivity contribution in [3.05, 3.63) is 47.1 Å². The molecule has 5 aliphatic rings. The van der Waals surface area contributed by atoms with E-state index in [0.717, 1.165) is 19.3 Å². The molecule has 0 aromatic heterocycles. The van der Waals surface area contributed by atoms with Gasteiger partial charge in [0.05, 0.1) is 18.8 Å². The number of fused-ring (bicyclic) bond motifs is 2. The highest BCUT2D eigenvalue weighted by Gasteiger charge is 2.59. The van der Waals surface area contributed by atoms with Crippen molar-refractivity contribution in [3.8, 4) is 0 Å². The van der Waals surface area contributed by atoms with Crippen molar-refractivity contribution in [1.82, 2.24) is 0 Å². The first-order valence-electron chi connectivity index (χ1n) is 15.3. The van der Waals surface area contributed by atoms with Crippen LogP contribution in [0.25, 0.3) is 0 Å². The maximum Gasteiger partial charge on any atom is 0.316 e. The highest BCUT2D eigenvalue weighted by molar-refractivity contribution is 6.06. The number of oxime groups is 1. The first kappa shape index (κ1) is 30.2. The summed E-state index contributed by atoms with van der Waals surface area (Å²) in [6, 6.07) is 0. The Balaban J connectivity index is 1.53. The van der Waals surface area contributed by atoms with Crippen molar-refractivity contribution in [1.29, 1.82) is 0 Å². The molecule has 0 aromatic rings. The molecule has 8 nitrogen and oxygen atoms in total. The molecule has 226 valence electrons. The van der Waals surface area contributed by atoms with E-state index in [0.29, 0.717) is 42.2 Å². The Hall–Kier alpha value is -2.26. The molecule has 0 radical (unpaired) electrons. The normalized spacial score (nSPS) is 45.0. The van der Waals surface area contributed by atoms with Crippen LogP contribution in [-0.4, -0.2) is 64.4 Å². The second-order valence-electron chi connectivity index (χ2n) is 13.4. The zero-order valence-corrected chi connectivity index (χ0v) is 25.3. The van der Waals surface area contributed by atoms with Gasteiger partial charge in [-0.25, -0.2) is 0 Å². The van der Waals surface area contributed by atoms with Crippen LogP contribution in [0.2, 0.25) is 0 Å². The van der Waals surface area contributed by atoms with Crippen LogP contribution in [-0.2, 0) is 23.7 Å². The first-order chi connectivity index (χ1) is 19.5. The molecular formula is C33H47NO7. The van der Waals surface area contributed by atoms with E-state index in [1.807, 2.05) is 12.2 Å². The van der Waals surface area contributed by atoms with Gasteiger partial charge in [-0.1, -0.05) is 68.8 Å². The summed E-state index contributed by atoms with van der Waals surface area (Å²) in [5.41, 5.74) is 0.914. The topological polar surface area (TPSA) is 107 Å². The fourth-order valence-corrected chi connectivity index (χ4v) is 7.48. The van der Waals surface area contributed by atoms with Crippen LogP contribution in [0.3, 0.4) is 0 Å². The van der Waals surface area contributed by atoms with E-state index in [4.69, 9.17) is 18.9 Å². The molecule has 8 heteroatoms. The Bertz CT molecular complexity index is 1170. The molecule has 0 aromatic carbocycles. The fourth-order valence-electron chi connectivity index (χ4n) is 7.48. The van der Waals surface area contributed by atoms with Crippen molar-refractivity contribution >= 4 is 11.7 Å². The summed E-state index contributed by atoms with van der Waals surface area (Å²) in [5, 5.41) is 25.4. The third kappa shape index (κ3) is 5.85. The lowest BCUT2D eigenvalue weighted by Crippen LogP contribution is -2.57. The number of ether oxygens (including phenoxy) is 4. The molecule has 5 rings (SSSR count). The van der Waals surface area contributed by atoms with Gasteiger partial charge in [0.2, 0.25) is 0 Å². The highest BCUT2D eigenvalue weighted by Crippen LogP contribution is 2.47. The minimum atomic E-state index is -1.72. The molecule has 0 unspecified atom stereocenters. The maximum atomic E-state index is 14.0. The van der Waals surface area contributed by atoms with Crippen molar-refractivity contribution in [3.63, 3.8) is 0 Å². The van der Waals surface area contributed by atoms with E-state index in [1.165, 1.54) is 5.57 Å². The van der Waals surface area contributed by atoms with Gasteiger partial charge in [0.1, 0.15) is 29.4 Å². The summed E-state index contributed by atoms with van der Waals surface area (Å²) in [4.78, 5) is 14.0. The molecule has 0 saturated carbocycles. The van der Waals surface area contributed by atoms with Crippen LogP contribution in [0, 0.1) is 23.7 Å². The zero-order chi connectivity index (χ0) is 29.5. The monoisotopic (exact) mass is 569 g/mol. The van der Waals surface area contributed by atoms with Crippen LogP contribution < -0.4 is 0 Å². The maximum absolute atomic E-state index is 14.0. The molecule has 4 aliphatic heterocycles. The van der Waals surface area contributed by atoms with Gasteiger partial charge in [-0.05, 0) is 62.0 Å². The summed E-state index contributed by atoms with van der Waals surface area (Å²) in [6.07, 6.45) is 12.6. The third-order valence-electron chi connectivity index (χ3n) is 9.61. The highest BCUT2D eigenvalue weighted by atomic mass is 16.7. The van der Waals surface area contributed by atoms with Gasteiger partial charge in [-0.15, -0.1) is 0 Å². The Morgan fingerprint density at radius 3 is 2.66 bits per heavy atom. The van der Waals surface area contributed by atoms with Gasteiger partial charge in [-0.3, -0.25) is 4.79 Å². The van der Waals surface area contributed by atoms with Crippen molar-refractivity contribution < 1.29 is 34.1 Å². The van der Waals surface area contributed by atoms with Crippen molar-refractivity contribution in [2.45, 2.75) is 116 Å². The van der Waals surface area contributed by atoms with Crippen LogP contribution in [0.4, 0.5) is 0 Å². The second kappa shape index (κ2) is 11.8. The molecule has 3 fully saturated rings. The van der Waals surface area contributed by atoms with Crippen molar-refractivity contribution in [2.24, 2.45) is 28.8 Å². The summed E-state index contributed by atoms with van der Waals surface area (Å²) in [7, 11) is 0. The van der Waals surface area contributed by atoms with Gasteiger partial charge in [-0.2, -0.15) is 0 Å². The predicted molar refractivity (Wildman–Crippen MR) is 155 cm³/mol. The number of carbonyl (C=O) groups excluding carboxylic acids is 1. The fraction of sp³-hybridized carbons (Fsp3) is 0.697. The van der Waals surface area contributed by atoms with Gasteiger partial charge < -0.3 is 29.3 Å². The third-order valence-corrected chi connectivity index (χ3v) is 9.61. The minimum absolute atomic E-state index is 0.0616. The molecule has 1 aliphatic carbocycles. The first-order valence-corrected chi connectivity index (χ1v) is 15.3. The van der Waals surface area contributed by atoms with E-state index in [-0.39, 0.29) is 30.4 Å². The second-order valence-corrected chi connectivity index (χ2v) is 13.4. The number of nitrogens with zero attached hydrogens (tertiary/aromatic N) is 1. The van der Waals surface area contributed by atoms with E-state index in [2.05, 4.69) is 51.9 Å². The van der Waals surface area contributed by atoms with Crippen LogP contribution in [0.1, 0.15) is 80.1 Å². The lowest BCUT2D eigenvalue weighted by Gasteiger charge is -2.50. The van der Waals surface area contributed by atoms with E-state index in [9.17, 15) is 15.1 Å². The smallest absolute Gasteiger partial charge is 0.316 e. The molecule has 2 bridgehead atoms. The number of hydrogen-bond acceptors (Lipinski definition) is 8. The average molecular weight is 570 g/mol. The molecule has 1 spiro atoms. The summed E-state index contributed by atoms with van der Waals surface area (Å²) < 4.78 is 25.7. The molecule has 3 saturated heterocycles.